The molecular weight excluding hydrogens is 617 g/mol. The van der Waals surface area contributed by atoms with Crippen molar-refractivity contribution < 1.29 is 27.1 Å². The molecule has 4 aromatic carbocycles. The highest BCUT2D eigenvalue weighted by Crippen LogP contribution is 2.28. The van der Waals surface area contributed by atoms with E-state index in [0.717, 1.165) is 47.2 Å². The van der Waals surface area contributed by atoms with Crippen molar-refractivity contribution in [3.8, 4) is 5.75 Å². The second-order valence-electron chi connectivity index (χ2n) is 11.8. The van der Waals surface area contributed by atoms with Crippen molar-refractivity contribution in [2.24, 2.45) is 0 Å². The van der Waals surface area contributed by atoms with Gasteiger partial charge >= 0.3 is 0 Å². The van der Waals surface area contributed by atoms with E-state index in [1.54, 1.807) is 30.3 Å². The van der Waals surface area contributed by atoms with Crippen LogP contribution in [0.15, 0.2) is 108 Å². The van der Waals surface area contributed by atoms with E-state index in [0.29, 0.717) is 11.3 Å². The fraction of sp³-hybridized carbons (Fsp3) is 0.297. The molecule has 2 amide bonds. The standard InChI is InChI=1S/C37H40FN3O5S/c1-27-19-21-32(22-20-27)47(44,45)41(34-18-9-8-17-33(34)38)26-36(42)40(25-29-13-10-16-31(23-29)46-2)35(24-28-11-4-3-5-12-28)37(43)39-30-14-6-7-15-30/h3-5,8-13,16-23,30,35H,6-7,14-15,24-26H2,1-2H3,(H,39,43). The molecule has 47 heavy (non-hydrogen) atoms. The lowest BCUT2D eigenvalue weighted by atomic mass is 10.0. The van der Waals surface area contributed by atoms with Crippen LogP contribution in [0.5, 0.6) is 5.75 Å². The first kappa shape index (κ1) is 33.7. The van der Waals surface area contributed by atoms with Crippen molar-refractivity contribution in [3.05, 3.63) is 126 Å². The SMILES string of the molecule is COc1cccc(CN(C(=O)CN(c2ccccc2F)S(=O)(=O)c2ccc(C)cc2)C(Cc2ccccc2)C(=O)NC2CCCC2)c1. The second-order valence-corrected chi connectivity index (χ2v) is 13.7. The van der Waals surface area contributed by atoms with Gasteiger partial charge in [0.1, 0.15) is 24.2 Å². The van der Waals surface area contributed by atoms with Gasteiger partial charge in [-0.1, -0.05) is 85.1 Å². The van der Waals surface area contributed by atoms with E-state index >= 15 is 4.39 Å². The van der Waals surface area contributed by atoms with Crippen LogP contribution in [0, 0.1) is 12.7 Å². The van der Waals surface area contributed by atoms with Crippen LogP contribution in [-0.4, -0.2) is 50.9 Å². The molecule has 0 heterocycles. The summed E-state index contributed by atoms with van der Waals surface area (Å²) in [7, 11) is -2.86. The van der Waals surface area contributed by atoms with Gasteiger partial charge in [-0.2, -0.15) is 0 Å². The average molecular weight is 658 g/mol. The number of ether oxygens (including phenoxy) is 1. The van der Waals surface area contributed by atoms with Crippen molar-refractivity contribution >= 4 is 27.5 Å². The normalized spacial score (nSPS) is 13.9. The van der Waals surface area contributed by atoms with Gasteiger partial charge in [0.2, 0.25) is 11.8 Å². The number of hydrogen-bond donors (Lipinski definition) is 1. The van der Waals surface area contributed by atoms with E-state index in [-0.39, 0.29) is 35.5 Å². The van der Waals surface area contributed by atoms with Crippen LogP contribution in [0.2, 0.25) is 0 Å². The van der Waals surface area contributed by atoms with Crippen molar-refractivity contribution in [3.63, 3.8) is 0 Å². The Morgan fingerprint density at radius 1 is 0.894 bits per heavy atom. The van der Waals surface area contributed by atoms with E-state index in [1.165, 1.54) is 42.3 Å². The van der Waals surface area contributed by atoms with Crippen LogP contribution < -0.4 is 14.4 Å². The van der Waals surface area contributed by atoms with E-state index in [2.05, 4.69) is 5.32 Å². The Kier molecular flexibility index (Phi) is 10.9. The Balaban J connectivity index is 1.58. The summed E-state index contributed by atoms with van der Waals surface area (Å²) in [5.74, 6) is -1.21. The summed E-state index contributed by atoms with van der Waals surface area (Å²) >= 11 is 0. The maximum Gasteiger partial charge on any atom is 0.264 e. The predicted octanol–water partition coefficient (Wildman–Crippen LogP) is 6.04. The van der Waals surface area contributed by atoms with Crippen molar-refractivity contribution in [2.45, 2.75) is 62.6 Å². The lowest BCUT2D eigenvalue weighted by Gasteiger charge is -2.34. The van der Waals surface area contributed by atoms with E-state index in [1.807, 2.05) is 43.3 Å². The number of amides is 2. The number of rotatable bonds is 13. The second kappa shape index (κ2) is 15.3. The third-order valence-electron chi connectivity index (χ3n) is 8.47. The summed E-state index contributed by atoms with van der Waals surface area (Å²) in [5, 5.41) is 3.15. The molecule has 1 atom stereocenters. The highest BCUT2D eigenvalue weighted by Gasteiger charge is 2.36. The summed E-state index contributed by atoms with van der Waals surface area (Å²) in [4.78, 5) is 30.0. The third-order valence-corrected chi connectivity index (χ3v) is 10.2. The first-order valence-electron chi connectivity index (χ1n) is 15.8. The molecule has 0 radical (unpaired) electrons. The molecule has 0 saturated heterocycles. The van der Waals surface area contributed by atoms with Gasteiger partial charge in [0.15, 0.2) is 0 Å². The molecule has 246 valence electrons. The van der Waals surface area contributed by atoms with Crippen LogP contribution in [0.1, 0.15) is 42.4 Å². The molecule has 10 heteroatoms. The molecule has 4 aromatic rings. The van der Waals surface area contributed by atoms with Crippen molar-refractivity contribution in [2.75, 3.05) is 18.0 Å². The number of benzene rings is 4. The van der Waals surface area contributed by atoms with E-state index in [9.17, 15) is 18.0 Å². The molecule has 8 nitrogen and oxygen atoms in total. The van der Waals surface area contributed by atoms with E-state index < -0.39 is 34.3 Å². The number of carbonyl (C=O) groups is 2. The van der Waals surface area contributed by atoms with Gasteiger partial charge in [0.05, 0.1) is 17.7 Å². The lowest BCUT2D eigenvalue weighted by molar-refractivity contribution is -0.140. The number of para-hydroxylation sites is 1. The number of methoxy groups -OCH3 is 1. The number of halogens is 1. The largest absolute Gasteiger partial charge is 0.497 e. The summed E-state index contributed by atoms with van der Waals surface area (Å²) in [6.07, 6.45) is 3.91. The summed E-state index contributed by atoms with van der Waals surface area (Å²) in [5.41, 5.74) is 2.10. The molecule has 1 saturated carbocycles. The first-order chi connectivity index (χ1) is 22.7. The van der Waals surface area contributed by atoms with Gasteiger partial charge in [0.25, 0.3) is 10.0 Å². The Labute approximate surface area is 276 Å². The van der Waals surface area contributed by atoms with Crippen molar-refractivity contribution in [1.29, 1.82) is 0 Å². The molecule has 1 fully saturated rings. The van der Waals surface area contributed by atoms with Gasteiger partial charge in [-0.15, -0.1) is 0 Å². The zero-order valence-corrected chi connectivity index (χ0v) is 27.5. The van der Waals surface area contributed by atoms with Crippen LogP contribution >= 0.6 is 0 Å². The highest BCUT2D eigenvalue weighted by molar-refractivity contribution is 7.92. The summed E-state index contributed by atoms with van der Waals surface area (Å²) < 4.78 is 49.8. The van der Waals surface area contributed by atoms with Gasteiger partial charge in [0, 0.05) is 19.0 Å². The number of carbonyl (C=O) groups excluding carboxylic acids is 2. The first-order valence-corrected chi connectivity index (χ1v) is 17.2. The molecule has 1 unspecified atom stereocenters. The third kappa shape index (κ3) is 8.37. The summed E-state index contributed by atoms with van der Waals surface area (Å²) in [6, 6.07) is 27.1. The Morgan fingerprint density at radius 2 is 1.55 bits per heavy atom. The molecule has 1 aliphatic carbocycles. The maximum absolute atomic E-state index is 15.3. The zero-order valence-electron chi connectivity index (χ0n) is 26.6. The lowest BCUT2D eigenvalue weighted by Crippen LogP contribution is -2.54. The topological polar surface area (TPSA) is 96.0 Å². The molecule has 0 bridgehead atoms. The fourth-order valence-electron chi connectivity index (χ4n) is 5.89. The van der Waals surface area contributed by atoms with E-state index in [4.69, 9.17) is 4.74 Å². The monoisotopic (exact) mass is 657 g/mol. The van der Waals surface area contributed by atoms with Crippen LogP contribution in [-0.2, 0) is 32.6 Å². The summed E-state index contributed by atoms with van der Waals surface area (Å²) in [6.45, 7) is 1.08. The maximum atomic E-state index is 15.3. The number of nitrogens with one attached hydrogen (secondary N) is 1. The number of nitrogens with zero attached hydrogens (tertiary/aromatic N) is 2. The molecule has 0 aliphatic heterocycles. The molecular formula is C37H40FN3O5S. The average Bonchev–Trinajstić information content (AvgIpc) is 3.59. The van der Waals surface area contributed by atoms with Gasteiger partial charge in [-0.25, -0.2) is 12.8 Å². The number of aryl methyl sites for hydroxylation is 1. The molecule has 1 N–H and O–H groups in total. The zero-order chi connectivity index (χ0) is 33.4. The van der Waals surface area contributed by atoms with Gasteiger partial charge in [-0.3, -0.25) is 13.9 Å². The number of hydrogen-bond acceptors (Lipinski definition) is 5. The molecule has 0 aromatic heterocycles. The minimum Gasteiger partial charge on any atom is -0.497 e. The smallest absolute Gasteiger partial charge is 0.264 e. The molecule has 0 spiro atoms. The molecule has 1 aliphatic rings. The Hall–Kier alpha value is -4.70. The fourth-order valence-corrected chi connectivity index (χ4v) is 7.32. The Bertz CT molecular complexity index is 1780. The van der Waals surface area contributed by atoms with Crippen LogP contribution in [0.4, 0.5) is 10.1 Å². The minimum absolute atomic E-state index is 0.00799. The highest BCUT2D eigenvalue weighted by atomic mass is 32.2. The van der Waals surface area contributed by atoms with Gasteiger partial charge < -0.3 is 15.0 Å². The minimum atomic E-state index is -4.40. The number of sulfonamides is 1. The van der Waals surface area contributed by atoms with Crippen LogP contribution in [0.3, 0.4) is 0 Å². The van der Waals surface area contributed by atoms with Gasteiger partial charge in [-0.05, 0) is 67.3 Å². The number of anilines is 1. The van der Waals surface area contributed by atoms with Crippen molar-refractivity contribution in [1.82, 2.24) is 10.2 Å². The molecule has 5 rings (SSSR count). The Morgan fingerprint density at radius 3 is 2.23 bits per heavy atom. The quantitative estimate of drug-likeness (QED) is 0.189. The van der Waals surface area contributed by atoms with Crippen LogP contribution in [0.25, 0.3) is 0 Å². The predicted molar refractivity (Wildman–Crippen MR) is 180 cm³/mol.